The third-order valence-electron chi connectivity index (χ3n) is 2.26. The van der Waals surface area contributed by atoms with E-state index in [0.29, 0.717) is 0 Å². The fourth-order valence-corrected chi connectivity index (χ4v) is 3.57. The number of ether oxygens (including phenoxy) is 1. The van der Waals surface area contributed by atoms with Crippen molar-refractivity contribution in [3.63, 3.8) is 0 Å². The zero-order valence-electron chi connectivity index (χ0n) is 9.04. The van der Waals surface area contributed by atoms with Gasteiger partial charge in [-0.25, -0.2) is 0 Å². The second-order valence-electron chi connectivity index (χ2n) is 3.45. The van der Waals surface area contributed by atoms with Gasteiger partial charge in [-0.1, -0.05) is 34.9 Å². The Morgan fingerprint density at radius 2 is 1.86 bits per heavy atom. The Bertz CT molecular complexity index is 129. The average molecular weight is 235 g/mol. The first-order chi connectivity index (χ1) is 6.93. The lowest BCUT2D eigenvalue weighted by Crippen LogP contribution is -2.37. The monoisotopic (exact) mass is 235 g/mol. The van der Waals surface area contributed by atoms with Crippen LogP contribution in [0.5, 0.6) is 0 Å². The van der Waals surface area contributed by atoms with E-state index in [0.717, 1.165) is 26.3 Å². The van der Waals surface area contributed by atoms with Gasteiger partial charge in [0.2, 0.25) is 0 Å². The zero-order chi connectivity index (χ0) is 10.1. The standard InChI is InChI=1S/C10H21NOS2/c1-2-3-9-13-14-10-6-11-4-7-12-8-5-11/h2-10H2,1H3. The molecule has 1 aliphatic heterocycles. The smallest absolute Gasteiger partial charge is 0.0594 e. The molecular formula is C10H21NOS2. The first-order valence-electron chi connectivity index (χ1n) is 5.48. The molecule has 84 valence electrons. The summed E-state index contributed by atoms with van der Waals surface area (Å²) in [6, 6.07) is 0. The van der Waals surface area contributed by atoms with Crippen LogP contribution in [0.25, 0.3) is 0 Å². The highest BCUT2D eigenvalue weighted by molar-refractivity contribution is 8.76. The normalized spacial score (nSPS) is 18.6. The van der Waals surface area contributed by atoms with Crippen molar-refractivity contribution < 1.29 is 4.74 Å². The molecule has 1 rings (SSSR count). The predicted octanol–water partition coefficient (Wildman–Crippen LogP) is 2.50. The van der Waals surface area contributed by atoms with Gasteiger partial charge in [0.05, 0.1) is 13.2 Å². The molecule has 0 unspecified atom stereocenters. The van der Waals surface area contributed by atoms with E-state index in [4.69, 9.17) is 4.74 Å². The Kier molecular flexibility index (Phi) is 8.06. The lowest BCUT2D eigenvalue weighted by atomic mass is 10.4. The average Bonchev–Trinajstić information content (AvgIpc) is 2.25. The minimum atomic E-state index is 0.924. The van der Waals surface area contributed by atoms with E-state index >= 15 is 0 Å². The van der Waals surface area contributed by atoms with E-state index in [-0.39, 0.29) is 0 Å². The van der Waals surface area contributed by atoms with E-state index in [1.165, 1.54) is 30.9 Å². The Balaban J connectivity index is 1.82. The molecule has 0 aromatic heterocycles. The largest absolute Gasteiger partial charge is 0.379 e. The molecule has 0 atom stereocenters. The number of unbranched alkanes of at least 4 members (excludes halogenated alkanes) is 1. The summed E-state index contributed by atoms with van der Waals surface area (Å²) in [5.74, 6) is 2.57. The molecule has 1 aliphatic rings. The van der Waals surface area contributed by atoms with Gasteiger partial charge in [0.1, 0.15) is 0 Å². The number of nitrogens with zero attached hydrogens (tertiary/aromatic N) is 1. The lowest BCUT2D eigenvalue weighted by molar-refractivity contribution is 0.0410. The zero-order valence-corrected chi connectivity index (χ0v) is 10.7. The molecule has 0 radical (unpaired) electrons. The maximum absolute atomic E-state index is 5.31. The number of hydrogen-bond acceptors (Lipinski definition) is 4. The fraction of sp³-hybridized carbons (Fsp3) is 1.00. The molecule has 2 nitrogen and oxygen atoms in total. The maximum Gasteiger partial charge on any atom is 0.0594 e. The van der Waals surface area contributed by atoms with E-state index in [9.17, 15) is 0 Å². The van der Waals surface area contributed by atoms with Gasteiger partial charge in [-0.15, -0.1) is 0 Å². The van der Waals surface area contributed by atoms with Crippen LogP contribution in [0.1, 0.15) is 19.8 Å². The lowest BCUT2D eigenvalue weighted by Gasteiger charge is -2.26. The van der Waals surface area contributed by atoms with Crippen molar-refractivity contribution >= 4 is 21.6 Å². The third kappa shape index (κ3) is 6.17. The Hall–Kier alpha value is 0.620. The Labute approximate surface area is 95.5 Å². The van der Waals surface area contributed by atoms with Crippen molar-refractivity contribution in [3.8, 4) is 0 Å². The second-order valence-corrected chi connectivity index (χ2v) is 6.15. The number of rotatable bonds is 7. The van der Waals surface area contributed by atoms with Gasteiger partial charge in [-0.3, -0.25) is 4.90 Å². The summed E-state index contributed by atoms with van der Waals surface area (Å²) in [7, 11) is 4.05. The van der Waals surface area contributed by atoms with Crippen molar-refractivity contribution in [2.45, 2.75) is 19.8 Å². The molecule has 0 spiro atoms. The summed E-state index contributed by atoms with van der Waals surface area (Å²) in [5, 5.41) is 0. The Morgan fingerprint density at radius 1 is 1.14 bits per heavy atom. The van der Waals surface area contributed by atoms with Crippen LogP contribution in [-0.4, -0.2) is 49.3 Å². The minimum Gasteiger partial charge on any atom is -0.379 e. The van der Waals surface area contributed by atoms with Gasteiger partial charge < -0.3 is 4.74 Å². The second kappa shape index (κ2) is 8.89. The highest BCUT2D eigenvalue weighted by Crippen LogP contribution is 2.22. The van der Waals surface area contributed by atoms with Gasteiger partial charge in [-0.2, -0.15) is 0 Å². The fourth-order valence-electron chi connectivity index (χ4n) is 1.31. The summed E-state index contributed by atoms with van der Waals surface area (Å²) in [6.45, 7) is 7.58. The van der Waals surface area contributed by atoms with Crippen molar-refractivity contribution in [1.82, 2.24) is 4.90 Å². The van der Waals surface area contributed by atoms with Crippen LogP contribution >= 0.6 is 21.6 Å². The summed E-state index contributed by atoms with van der Waals surface area (Å²) in [6.07, 6.45) is 2.67. The maximum atomic E-state index is 5.31. The molecule has 1 heterocycles. The van der Waals surface area contributed by atoms with Gasteiger partial charge >= 0.3 is 0 Å². The van der Waals surface area contributed by atoms with Crippen LogP contribution in [-0.2, 0) is 4.74 Å². The van der Waals surface area contributed by atoms with Gasteiger partial charge in [0.15, 0.2) is 0 Å². The molecule has 0 bridgehead atoms. The highest BCUT2D eigenvalue weighted by Gasteiger charge is 2.08. The predicted molar refractivity (Wildman–Crippen MR) is 67.1 cm³/mol. The molecule has 1 fully saturated rings. The van der Waals surface area contributed by atoms with Crippen LogP contribution in [0.2, 0.25) is 0 Å². The first-order valence-corrected chi connectivity index (χ1v) is 7.97. The SMILES string of the molecule is CCCCSSCCN1CCOCC1. The summed E-state index contributed by atoms with van der Waals surface area (Å²) in [5.41, 5.74) is 0. The molecule has 4 heteroatoms. The molecule has 14 heavy (non-hydrogen) atoms. The van der Waals surface area contributed by atoms with Gasteiger partial charge in [-0.05, 0) is 6.42 Å². The van der Waals surface area contributed by atoms with E-state index < -0.39 is 0 Å². The molecule has 1 saturated heterocycles. The topological polar surface area (TPSA) is 12.5 Å². The van der Waals surface area contributed by atoms with Crippen molar-refractivity contribution in [1.29, 1.82) is 0 Å². The minimum absolute atomic E-state index is 0.924. The summed E-state index contributed by atoms with van der Waals surface area (Å²) < 4.78 is 5.31. The molecule has 0 aromatic rings. The molecule has 0 aliphatic carbocycles. The van der Waals surface area contributed by atoms with Gasteiger partial charge in [0.25, 0.3) is 0 Å². The van der Waals surface area contributed by atoms with Gasteiger partial charge in [0, 0.05) is 31.1 Å². The quantitative estimate of drug-likeness (QED) is 0.496. The molecule has 0 N–H and O–H groups in total. The van der Waals surface area contributed by atoms with Crippen LogP contribution < -0.4 is 0 Å². The number of hydrogen-bond donors (Lipinski definition) is 0. The molecule has 0 aromatic carbocycles. The van der Waals surface area contributed by atoms with E-state index in [2.05, 4.69) is 11.8 Å². The summed E-state index contributed by atoms with van der Waals surface area (Å²) in [4.78, 5) is 2.50. The van der Waals surface area contributed by atoms with E-state index in [1.807, 2.05) is 21.6 Å². The van der Waals surface area contributed by atoms with Crippen molar-refractivity contribution in [3.05, 3.63) is 0 Å². The van der Waals surface area contributed by atoms with Crippen molar-refractivity contribution in [2.24, 2.45) is 0 Å². The molecule has 0 amide bonds. The number of morpholine rings is 1. The summed E-state index contributed by atoms with van der Waals surface area (Å²) >= 11 is 0. The van der Waals surface area contributed by atoms with Crippen LogP contribution in [0, 0.1) is 0 Å². The highest BCUT2D eigenvalue weighted by atomic mass is 33.1. The van der Waals surface area contributed by atoms with E-state index in [1.54, 1.807) is 0 Å². The van der Waals surface area contributed by atoms with Crippen molar-refractivity contribution in [2.75, 3.05) is 44.4 Å². The Morgan fingerprint density at radius 3 is 2.57 bits per heavy atom. The third-order valence-corrected chi connectivity index (χ3v) is 4.73. The van der Waals surface area contributed by atoms with Crippen LogP contribution in [0.15, 0.2) is 0 Å². The molecular weight excluding hydrogens is 214 g/mol. The molecule has 0 saturated carbocycles. The van der Waals surface area contributed by atoms with Crippen LogP contribution in [0.3, 0.4) is 0 Å². The van der Waals surface area contributed by atoms with Crippen LogP contribution in [0.4, 0.5) is 0 Å². The first kappa shape index (κ1) is 12.7.